The zero-order valence-corrected chi connectivity index (χ0v) is 39.4. The van der Waals surface area contributed by atoms with Gasteiger partial charge in [0.25, 0.3) is 0 Å². The van der Waals surface area contributed by atoms with Crippen molar-refractivity contribution in [1.29, 1.82) is 0 Å². The van der Waals surface area contributed by atoms with E-state index < -0.39 is 0 Å². The van der Waals surface area contributed by atoms with Gasteiger partial charge in [-0.15, -0.1) is 0 Å². The number of phenolic OH excluding ortho intramolecular Hbond substituents is 1. The molecule has 2 heterocycles. The lowest BCUT2D eigenvalue weighted by Gasteiger charge is -2.23. The lowest BCUT2D eigenvalue weighted by molar-refractivity contribution is 0.448. The molecule has 1 N–H and O–H groups in total. The molecule has 0 bridgehead atoms. The topological polar surface area (TPSA) is 50.9 Å². The van der Waals surface area contributed by atoms with Crippen molar-refractivity contribution in [3.05, 3.63) is 167 Å². The Labute approximate surface area is 375 Å². The molecule has 4 nitrogen and oxygen atoms in total. The first-order valence-corrected chi connectivity index (χ1v) is 22.5. The van der Waals surface area contributed by atoms with Gasteiger partial charge in [-0.25, -0.2) is 4.98 Å². The second kappa shape index (κ2) is 16.5. The molecule has 320 valence electrons. The maximum absolute atomic E-state index is 12.3. The van der Waals surface area contributed by atoms with Gasteiger partial charge in [0.05, 0.1) is 28.0 Å². The Balaban J connectivity index is 1.39. The molecule has 0 fully saturated rings. The van der Waals surface area contributed by atoms with Crippen LogP contribution in [0.2, 0.25) is 0 Å². The van der Waals surface area contributed by atoms with Gasteiger partial charge in [-0.05, 0) is 129 Å². The van der Waals surface area contributed by atoms with Crippen molar-refractivity contribution in [2.24, 2.45) is 5.92 Å². The predicted molar refractivity (Wildman–Crippen MR) is 267 cm³/mol. The van der Waals surface area contributed by atoms with Gasteiger partial charge in [0, 0.05) is 28.5 Å². The van der Waals surface area contributed by atoms with Crippen LogP contribution >= 0.6 is 0 Å². The summed E-state index contributed by atoms with van der Waals surface area (Å²) in [5, 5.41) is 12.3. The lowest BCUT2D eigenvalue weighted by atomic mass is 9.83. The smallest absolute Gasteiger partial charge is 0.149 e. The number of pyridine rings is 1. The molecular formula is C59H63N3O. The molecule has 6 aromatic carbocycles. The number of hydrogen-bond donors (Lipinski definition) is 1. The fourth-order valence-corrected chi connectivity index (χ4v) is 8.80. The Kier molecular flexibility index (Phi) is 11.3. The number of aryl methyl sites for hydroxylation is 1. The molecule has 0 saturated heterocycles. The van der Waals surface area contributed by atoms with Gasteiger partial charge in [-0.1, -0.05) is 161 Å². The Morgan fingerprint density at radius 3 is 1.92 bits per heavy atom. The van der Waals surface area contributed by atoms with Crippen LogP contribution in [0.3, 0.4) is 0 Å². The summed E-state index contributed by atoms with van der Waals surface area (Å²) in [5.74, 6) is 1.48. The summed E-state index contributed by atoms with van der Waals surface area (Å²) in [6, 6.07) is 48.4. The fourth-order valence-electron chi connectivity index (χ4n) is 8.80. The van der Waals surface area contributed by atoms with Crippen LogP contribution in [0.4, 0.5) is 0 Å². The Bertz CT molecular complexity index is 2950. The van der Waals surface area contributed by atoms with Crippen LogP contribution in [0.25, 0.3) is 72.7 Å². The van der Waals surface area contributed by atoms with E-state index in [0.717, 1.165) is 73.3 Å². The summed E-state index contributed by atoms with van der Waals surface area (Å²) in [6.45, 7) is 26.7. The number of fused-ring (bicyclic) bond motifs is 1. The van der Waals surface area contributed by atoms with Crippen LogP contribution in [0.15, 0.2) is 140 Å². The first kappa shape index (κ1) is 43.4. The van der Waals surface area contributed by atoms with Crippen molar-refractivity contribution in [3.8, 4) is 67.5 Å². The quantitative estimate of drug-likeness (QED) is 0.166. The summed E-state index contributed by atoms with van der Waals surface area (Å²) in [4.78, 5) is 10.6. The molecule has 0 aliphatic carbocycles. The molecule has 0 spiro atoms. The number of para-hydroxylation sites is 1. The molecule has 0 radical (unpaired) electrons. The summed E-state index contributed by atoms with van der Waals surface area (Å²) in [6.07, 6.45) is 2.90. The van der Waals surface area contributed by atoms with E-state index in [1.165, 1.54) is 22.3 Å². The maximum atomic E-state index is 12.3. The van der Waals surface area contributed by atoms with Crippen molar-refractivity contribution in [2.45, 2.75) is 106 Å². The van der Waals surface area contributed by atoms with Gasteiger partial charge in [-0.3, -0.25) is 9.55 Å². The van der Waals surface area contributed by atoms with E-state index in [9.17, 15) is 5.11 Å². The third kappa shape index (κ3) is 8.87. The molecule has 0 saturated carbocycles. The number of imidazole rings is 1. The van der Waals surface area contributed by atoms with E-state index in [-0.39, 0.29) is 22.0 Å². The zero-order chi connectivity index (χ0) is 45.0. The van der Waals surface area contributed by atoms with Crippen LogP contribution in [-0.2, 0) is 22.7 Å². The van der Waals surface area contributed by atoms with Crippen molar-refractivity contribution in [2.75, 3.05) is 0 Å². The summed E-state index contributed by atoms with van der Waals surface area (Å²) >= 11 is 0. The highest BCUT2D eigenvalue weighted by Crippen LogP contribution is 2.45. The van der Waals surface area contributed by atoms with Crippen LogP contribution in [0.5, 0.6) is 5.75 Å². The molecule has 63 heavy (non-hydrogen) atoms. The molecule has 8 aromatic rings. The first-order chi connectivity index (χ1) is 29.8. The minimum Gasteiger partial charge on any atom is -0.507 e. The van der Waals surface area contributed by atoms with E-state index in [1.807, 2.05) is 6.20 Å². The number of rotatable bonds is 8. The largest absolute Gasteiger partial charge is 0.507 e. The minimum atomic E-state index is -0.286. The minimum absolute atomic E-state index is 0.0865. The predicted octanol–water partition coefficient (Wildman–Crippen LogP) is 15.9. The van der Waals surface area contributed by atoms with Crippen molar-refractivity contribution in [1.82, 2.24) is 14.5 Å². The molecule has 0 atom stereocenters. The highest BCUT2D eigenvalue weighted by atomic mass is 16.3. The van der Waals surface area contributed by atoms with Gasteiger partial charge < -0.3 is 5.11 Å². The van der Waals surface area contributed by atoms with Crippen LogP contribution < -0.4 is 0 Å². The number of nitrogens with zero attached hydrogens (tertiary/aromatic N) is 3. The molecule has 2 aromatic heterocycles. The van der Waals surface area contributed by atoms with Gasteiger partial charge >= 0.3 is 0 Å². The van der Waals surface area contributed by atoms with Crippen LogP contribution in [0.1, 0.15) is 104 Å². The van der Waals surface area contributed by atoms with Gasteiger partial charge in [0.15, 0.2) is 0 Å². The molecule has 8 rings (SSSR count). The second-order valence-corrected chi connectivity index (χ2v) is 21.0. The van der Waals surface area contributed by atoms with E-state index >= 15 is 0 Å². The molecular weight excluding hydrogens is 767 g/mol. The van der Waals surface area contributed by atoms with Crippen molar-refractivity contribution < 1.29 is 5.11 Å². The third-order valence-corrected chi connectivity index (χ3v) is 12.3. The van der Waals surface area contributed by atoms with Crippen LogP contribution in [0, 0.1) is 12.8 Å². The zero-order valence-electron chi connectivity index (χ0n) is 39.4. The third-order valence-electron chi connectivity index (χ3n) is 12.3. The SMILES string of the molecule is Cc1cc(-c2nc3c(-c4cc(-c5cc(-c6ccc(C(C)(C)C)cc6)ccn5)cc(C(C)(C)C)c4)cccc3n2-c2ccc(CC(C)C)cc2-c2ccccc2)c(O)c(C(C)(C)C)c1. The number of aromatic nitrogens is 3. The fraction of sp³-hybridized carbons (Fsp3) is 0.288. The van der Waals surface area contributed by atoms with Gasteiger partial charge in [0.2, 0.25) is 0 Å². The van der Waals surface area contributed by atoms with Gasteiger partial charge in [-0.2, -0.15) is 0 Å². The van der Waals surface area contributed by atoms with E-state index in [0.29, 0.717) is 17.3 Å². The maximum Gasteiger partial charge on any atom is 0.149 e. The number of phenols is 1. The first-order valence-electron chi connectivity index (χ1n) is 22.5. The van der Waals surface area contributed by atoms with Crippen molar-refractivity contribution >= 4 is 11.0 Å². The van der Waals surface area contributed by atoms with E-state index in [1.54, 1.807) is 0 Å². The van der Waals surface area contributed by atoms with Crippen LogP contribution in [-0.4, -0.2) is 19.6 Å². The number of hydrogen-bond acceptors (Lipinski definition) is 3. The van der Waals surface area contributed by atoms with Crippen molar-refractivity contribution in [3.63, 3.8) is 0 Å². The Morgan fingerprint density at radius 1 is 0.556 bits per heavy atom. The summed E-state index contributed by atoms with van der Waals surface area (Å²) in [5.41, 5.74) is 17.7. The summed E-state index contributed by atoms with van der Waals surface area (Å²) < 4.78 is 2.28. The summed E-state index contributed by atoms with van der Waals surface area (Å²) in [7, 11) is 0. The Morgan fingerprint density at radius 2 is 1.25 bits per heavy atom. The monoisotopic (exact) mass is 829 g/mol. The van der Waals surface area contributed by atoms with E-state index in [2.05, 4.69) is 221 Å². The highest BCUT2D eigenvalue weighted by molar-refractivity contribution is 5.98. The second-order valence-electron chi connectivity index (χ2n) is 21.0. The van der Waals surface area contributed by atoms with Gasteiger partial charge in [0.1, 0.15) is 11.6 Å². The molecule has 0 aliphatic rings. The highest BCUT2D eigenvalue weighted by Gasteiger charge is 2.27. The number of aromatic hydroxyl groups is 1. The molecule has 0 aliphatic heterocycles. The van der Waals surface area contributed by atoms with E-state index in [4.69, 9.17) is 9.97 Å². The Hall–Kier alpha value is -6.26. The average Bonchev–Trinajstić information content (AvgIpc) is 3.63. The number of benzene rings is 6. The standard InChI is InChI=1S/C59H63N3O/c1-37(2)29-39-21-26-52(48(32-39)41-17-14-13-15-18-41)62-53-20-16-19-47(54(53)61-56(62)49-30-38(3)31-50(55(49)63)59(10,11)12)43-33-44(35-46(34-43)58(7,8)9)51-36-42(27-28-60-51)40-22-24-45(25-23-40)57(4,5)6/h13-28,30-37,63H,29H2,1-12H3. The molecule has 4 heteroatoms. The lowest BCUT2D eigenvalue weighted by Crippen LogP contribution is -2.12. The molecule has 0 amide bonds. The molecule has 0 unspecified atom stereocenters. The average molecular weight is 830 g/mol. The normalized spacial score (nSPS) is 12.4.